The molecule has 2 aliphatic rings. The van der Waals surface area contributed by atoms with Gasteiger partial charge < -0.3 is 0 Å². The van der Waals surface area contributed by atoms with Crippen molar-refractivity contribution in [2.45, 2.75) is 57.6 Å². The van der Waals surface area contributed by atoms with Gasteiger partial charge in [-0.1, -0.05) is 68.1 Å². The molecule has 2 aliphatic carbocycles. The Labute approximate surface area is 303 Å². The Morgan fingerprint density at radius 1 is 0.765 bits per heavy atom. The Hall–Kier alpha value is -4.09. The fourth-order valence-corrected chi connectivity index (χ4v) is 14.7. The quantitative estimate of drug-likeness (QED) is 0.125. The van der Waals surface area contributed by atoms with Crippen LogP contribution in [-0.4, -0.2) is 25.7 Å². The van der Waals surface area contributed by atoms with E-state index in [-0.39, 0.29) is 17.5 Å². The highest BCUT2D eigenvalue weighted by atomic mass is 32.3. The summed E-state index contributed by atoms with van der Waals surface area (Å²) in [4.78, 5) is 29.6. The first-order valence-corrected chi connectivity index (χ1v) is 20.6. The topological polar surface area (TPSA) is 77.5 Å². The second kappa shape index (κ2) is 13.5. The second-order valence-electron chi connectivity index (χ2n) is 13.7. The van der Waals surface area contributed by atoms with Crippen molar-refractivity contribution >= 4 is 43.8 Å². The zero-order valence-electron chi connectivity index (χ0n) is 28.1. The maximum absolute atomic E-state index is 14.5. The van der Waals surface area contributed by atoms with Gasteiger partial charge in [-0.3, -0.25) is 9.59 Å². The number of carbonyl (C=O) groups is 2. The number of Topliss-reactive ketones (excluding diaryl/α,β-unsaturated/α-hetero) is 1. The Bertz CT molecular complexity index is 2160. The second-order valence-corrected chi connectivity index (χ2v) is 19.3. The first kappa shape index (κ1) is 35.3. The van der Waals surface area contributed by atoms with E-state index < -0.39 is 48.6 Å². The van der Waals surface area contributed by atoms with Crippen LogP contribution in [0.25, 0.3) is 0 Å². The van der Waals surface area contributed by atoms with E-state index in [1.165, 1.54) is 60.3 Å². The zero-order valence-corrected chi connectivity index (χ0v) is 30.5. The average molecular weight is 743 g/mol. The highest BCUT2D eigenvalue weighted by Crippen LogP contribution is 2.71. The van der Waals surface area contributed by atoms with Gasteiger partial charge in [0.2, 0.25) is 0 Å². The van der Waals surface area contributed by atoms with E-state index in [0.29, 0.717) is 38.7 Å². The molecule has 0 N–H and O–H groups in total. The standard InChI is InChI=1S/C41H36F2O5S3/c1-40(2)29-24-25-41(40,38(44)26-29)27-50(46,47)48-51(33-18-12-30(42)13-19-33,34-20-14-31(43)15-21-34)35-22-16-32(17-23-35)49-37-11-7-6-10-36(37)39(45)28-8-4-3-5-9-28/h3-23,29H,24-27H2,1-2H3. The lowest BCUT2D eigenvalue weighted by Gasteiger charge is -2.41. The Morgan fingerprint density at radius 3 is 1.82 bits per heavy atom. The summed E-state index contributed by atoms with van der Waals surface area (Å²) in [5.74, 6) is -1.59. The van der Waals surface area contributed by atoms with Gasteiger partial charge in [-0.25, -0.2) is 12.4 Å². The van der Waals surface area contributed by atoms with Gasteiger partial charge in [0.15, 0.2) is 5.78 Å². The van der Waals surface area contributed by atoms with Crippen LogP contribution in [0.2, 0.25) is 0 Å². The number of hydrogen-bond donors (Lipinski definition) is 0. The van der Waals surface area contributed by atoms with E-state index in [4.69, 9.17) is 3.63 Å². The van der Waals surface area contributed by atoms with E-state index in [9.17, 15) is 26.8 Å². The predicted octanol–water partition coefficient (Wildman–Crippen LogP) is 10.3. The summed E-state index contributed by atoms with van der Waals surface area (Å²) in [7, 11) is -7.63. The lowest BCUT2D eigenvalue weighted by atomic mass is 9.70. The number of ketones is 2. The number of halogens is 2. The summed E-state index contributed by atoms with van der Waals surface area (Å²) in [5.41, 5.74) is -0.496. The molecule has 0 aromatic heterocycles. The molecule has 10 heteroatoms. The largest absolute Gasteiger partial charge is 0.299 e. The van der Waals surface area contributed by atoms with Crippen LogP contribution in [0, 0.1) is 28.4 Å². The Balaban J connectivity index is 1.31. The van der Waals surface area contributed by atoms with Crippen LogP contribution in [0.15, 0.2) is 152 Å². The molecule has 5 nitrogen and oxygen atoms in total. The summed E-state index contributed by atoms with van der Waals surface area (Å²) < 4.78 is 64.1. The molecule has 5 aromatic rings. The summed E-state index contributed by atoms with van der Waals surface area (Å²) in [6, 6.07) is 34.5. The molecule has 0 amide bonds. The molecule has 2 atom stereocenters. The summed E-state index contributed by atoms with van der Waals surface area (Å²) >= 11 is 1.39. The third-order valence-corrected chi connectivity index (χ3v) is 17.0. The Kier molecular flexibility index (Phi) is 9.33. The van der Waals surface area contributed by atoms with Crippen LogP contribution in [0.5, 0.6) is 0 Å². The van der Waals surface area contributed by atoms with Crippen molar-refractivity contribution in [3.05, 3.63) is 150 Å². The monoisotopic (exact) mass is 742 g/mol. The third kappa shape index (κ3) is 6.37. The van der Waals surface area contributed by atoms with Crippen molar-refractivity contribution in [2.24, 2.45) is 16.7 Å². The maximum Gasteiger partial charge on any atom is 0.278 e. The van der Waals surface area contributed by atoms with Crippen molar-refractivity contribution in [3.63, 3.8) is 0 Å². The van der Waals surface area contributed by atoms with Crippen LogP contribution in [0.3, 0.4) is 0 Å². The van der Waals surface area contributed by atoms with Gasteiger partial charge in [0, 0.05) is 42.0 Å². The first-order valence-electron chi connectivity index (χ1n) is 16.6. The van der Waals surface area contributed by atoms with Crippen LogP contribution in [0.4, 0.5) is 8.78 Å². The van der Waals surface area contributed by atoms with E-state index in [1.807, 2.05) is 62.4 Å². The lowest BCUT2D eigenvalue weighted by molar-refractivity contribution is -0.128. The fourth-order valence-electron chi connectivity index (χ4n) is 7.68. The summed E-state index contributed by atoms with van der Waals surface area (Å²) in [5, 5.41) is 0. The molecular formula is C41H36F2O5S3. The molecule has 2 unspecified atom stereocenters. The first-order chi connectivity index (χ1) is 24.3. The van der Waals surface area contributed by atoms with Gasteiger partial charge >= 0.3 is 0 Å². The van der Waals surface area contributed by atoms with Crippen molar-refractivity contribution in [1.82, 2.24) is 0 Å². The predicted molar refractivity (Wildman–Crippen MR) is 196 cm³/mol. The number of fused-ring (bicyclic) bond motifs is 2. The average Bonchev–Trinajstić information content (AvgIpc) is 3.46. The van der Waals surface area contributed by atoms with E-state index in [2.05, 4.69) is 0 Å². The molecule has 262 valence electrons. The van der Waals surface area contributed by atoms with Crippen LogP contribution >= 0.6 is 22.1 Å². The SMILES string of the molecule is CC1(C)C2CCC1(CS(=O)(=O)OS(c1ccc(F)cc1)(c1ccc(F)cc1)c1ccc(Sc3ccccc3C(=O)c3ccccc3)cc1)C(=O)C2. The van der Waals surface area contributed by atoms with Crippen LogP contribution in [-0.2, 0) is 18.5 Å². The minimum absolute atomic E-state index is 0.0625. The molecule has 51 heavy (non-hydrogen) atoms. The number of carbonyl (C=O) groups excluding carboxylic acids is 2. The van der Waals surface area contributed by atoms with Crippen molar-refractivity contribution in [2.75, 3.05) is 5.75 Å². The van der Waals surface area contributed by atoms with Crippen LogP contribution in [0.1, 0.15) is 49.0 Å². The number of benzene rings is 5. The minimum atomic E-state index is -4.45. The van der Waals surface area contributed by atoms with Gasteiger partial charge in [0.1, 0.15) is 17.4 Å². The highest BCUT2D eigenvalue weighted by molar-refractivity contribution is 8.33. The van der Waals surface area contributed by atoms with Gasteiger partial charge in [-0.05, 0) is 119 Å². The molecule has 0 aliphatic heterocycles. The zero-order chi connectivity index (χ0) is 36.0. The summed E-state index contributed by atoms with van der Waals surface area (Å²) in [6.45, 7) is 3.93. The molecule has 2 fully saturated rings. The lowest BCUT2D eigenvalue weighted by Crippen LogP contribution is -2.42. The van der Waals surface area contributed by atoms with Crippen molar-refractivity contribution < 1.29 is 30.4 Å². The smallest absolute Gasteiger partial charge is 0.278 e. The van der Waals surface area contributed by atoms with Gasteiger partial charge in [-0.2, -0.15) is 8.42 Å². The minimum Gasteiger partial charge on any atom is -0.299 e. The third-order valence-electron chi connectivity index (χ3n) is 10.6. The molecule has 2 saturated carbocycles. The molecule has 0 saturated heterocycles. The normalized spacial score (nSPS) is 20.0. The number of hydrogen-bond acceptors (Lipinski definition) is 6. The molecule has 2 bridgehead atoms. The van der Waals surface area contributed by atoms with E-state index in [1.54, 1.807) is 30.3 Å². The molecule has 0 radical (unpaired) electrons. The maximum atomic E-state index is 14.5. The van der Waals surface area contributed by atoms with Crippen LogP contribution < -0.4 is 0 Å². The molecule has 5 aromatic carbocycles. The van der Waals surface area contributed by atoms with Gasteiger partial charge in [-0.15, -0.1) is 0 Å². The van der Waals surface area contributed by atoms with Crippen molar-refractivity contribution in [3.8, 4) is 0 Å². The van der Waals surface area contributed by atoms with Gasteiger partial charge in [0.25, 0.3) is 10.1 Å². The molecular weight excluding hydrogens is 707 g/mol. The van der Waals surface area contributed by atoms with Crippen molar-refractivity contribution in [1.29, 1.82) is 0 Å². The molecule has 0 heterocycles. The summed E-state index contributed by atoms with van der Waals surface area (Å²) in [6.07, 6.45) is 1.57. The highest BCUT2D eigenvalue weighted by Gasteiger charge is 2.65. The number of rotatable bonds is 11. The van der Waals surface area contributed by atoms with E-state index in [0.717, 1.165) is 16.2 Å². The van der Waals surface area contributed by atoms with E-state index >= 15 is 0 Å². The molecule has 7 rings (SSSR count). The van der Waals surface area contributed by atoms with Gasteiger partial charge in [0.05, 0.1) is 11.2 Å². The molecule has 0 spiro atoms. The Morgan fingerprint density at radius 2 is 1.29 bits per heavy atom. The fraction of sp³-hybridized carbons (Fsp3) is 0.220.